The van der Waals surface area contributed by atoms with Gasteiger partial charge in [-0.1, -0.05) is 89.5 Å². The Morgan fingerprint density at radius 3 is 1.42 bits per heavy atom. The first-order valence-electron chi connectivity index (χ1n) is 13.6. The van der Waals surface area contributed by atoms with Gasteiger partial charge in [0.2, 0.25) is 0 Å². The summed E-state index contributed by atoms with van der Waals surface area (Å²) in [4.78, 5) is 0. The van der Waals surface area contributed by atoms with E-state index < -0.39 is 0 Å². The molecule has 0 radical (unpaired) electrons. The molecule has 4 rings (SSSR count). The largest absolute Gasteiger partial charge is 0.323 e. The molecule has 0 fully saturated rings. The van der Waals surface area contributed by atoms with Gasteiger partial charge in [0.15, 0.2) is 0 Å². The molecule has 2 heterocycles. The number of hydrogen-bond donors (Lipinski definition) is 2. The van der Waals surface area contributed by atoms with E-state index in [-0.39, 0.29) is 0 Å². The van der Waals surface area contributed by atoms with Crippen molar-refractivity contribution in [3.63, 3.8) is 0 Å². The fraction of sp³-hybridized carbons (Fsp3) is 0.467. The highest BCUT2D eigenvalue weighted by atomic mass is 32.1. The fourth-order valence-corrected chi connectivity index (χ4v) is 7.71. The van der Waals surface area contributed by atoms with Crippen LogP contribution in [-0.4, -0.2) is 11.4 Å². The molecule has 0 amide bonds. The number of rotatable bonds is 14. The van der Waals surface area contributed by atoms with Crippen LogP contribution in [0.15, 0.2) is 46.6 Å². The third-order valence-electron chi connectivity index (χ3n) is 7.10. The van der Waals surface area contributed by atoms with E-state index in [4.69, 9.17) is 11.7 Å². The molecule has 0 bridgehead atoms. The minimum absolute atomic E-state index is 0.945. The lowest BCUT2D eigenvalue weighted by atomic mass is 10.0. The zero-order chi connectivity index (χ0) is 25.3. The molecule has 36 heavy (non-hydrogen) atoms. The van der Waals surface area contributed by atoms with Crippen molar-refractivity contribution >= 4 is 63.7 Å². The Morgan fingerprint density at radius 2 is 1.03 bits per heavy atom. The van der Waals surface area contributed by atoms with Crippen molar-refractivity contribution in [2.45, 2.75) is 90.9 Å². The SMILES string of the molecule is CCCCCCC/C(=N/N)c1ccc2c(c1)sc1c3ccc(/C(CCCCCCC)=N/N)cc3sc21. The van der Waals surface area contributed by atoms with Crippen LogP contribution in [0.3, 0.4) is 0 Å². The van der Waals surface area contributed by atoms with Crippen molar-refractivity contribution in [2.75, 3.05) is 0 Å². The van der Waals surface area contributed by atoms with Crippen LogP contribution in [0.4, 0.5) is 0 Å². The van der Waals surface area contributed by atoms with E-state index in [9.17, 15) is 0 Å². The number of hydrogen-bond acceptors (Lipinski definition) is 6. The molecule has 2 aromatic heterocycles. The highest BCUT2D eigenvalue weighted by molar-refractivity contribution is 7.36. The topological polar surface area (TPSA) is 76.8 Å². The van der Waals surface area contributed by atoms with Crippen LogP contribution in [0.1, 0.15) is 102 Å². The maximum atomic E-state index is 5.80. The number of unbranched alkanes of at least 4 members (excludes halogenated alkanes) is 8. The van der Waals surface area contributed by atoms with Crippen LogP contribution < -0.4 is 11.7 Å². The first kappa shape index (κ1) is 26.6. The van der Waals surface area contributed by atoms with E-state index >= 15 is 0 Å². The third-order valence-corrected chi connectivity index (χ3v) is 9.60. The Labute approximate surface area is 223 Å². The van der Waals surface area contributed by atoms with Crippen molar-refractivity contribution in [1.29, 1.82) is 0 Å². The number of benzene rings is 2. The van der Waals surface area contributed by atoms with Gasteiger partial charge >= 0.3 is 0 Å². The predicted molar refractivity (Wildman–Crippen MR) is 163 cm³/mol. The molecular weight excluding hydrogens is 480 g/mol. The summed E-state index contributed by atoms with van der Waals surface area (Å²) in [6, 6.07) is 13.5. The molecule has 6 heteroatoms. The monoisotopic (exact) mass is 520 g/mol. The molecule has 2 aromatic carbocycles. The van der Waals surface area contributed by atoms with Gasteiger partial charge in [-0.15, -0.1) is 22.7 Å². The summed E-state index contributed by atoms with van der Waals surface area (Å²) in [7, 11) is 0. The van der Waals surface area contributed by atoms with E-state index in [0.29, 0.717) is 0 Å². The van der Waals surface area contributed by atoms with Crippen LogP contribution in [0.5, 0.6) is 0 Å². The van der Waals surface area contributed by atoms with Crippen LogP contribution in [0.25, 0.3) is 29.6 Å². The van der Waals surface area contributed by atoms with Crippen molar-refractivity contribution in [2.24, 2.45) is 21.9 Å². The maximum Gasteiger partial charge on any atom is 0.0673 e. The summed E-state index contributed by atoms with van der Waals surface area (Å²) in [5.74, 6) is 11.6. The summed E-state index contributed by atoms with van der Waals surface area (Å²) in [6.45, 7) is 4.50. The standard InChI is InChI=1S/C30H40N4S2/c1-3-5-7-9-11-13-25(33-31)21-15-17-23-27(19-21)35-30-24-18-16-22(20-28(24)36-29(23)30)26(34-32)14-12-10-8-6-4-2/h15-20H,3-14,31-32H2,1-2H3/b33-25-,34-26+. The van der Waals surface area contributed by atoms with Crippen molar-refractivity contribution in [3.05, 3.63) is 47.5 Å². The zero-order valence-electron chi connectivity index (χ0n) is 21.8. The van der Waals surface area contributed by atoms with Gasteiger partial charge in [0.1, 0.15) is 0 Å². The van der Waals surface area contributed by atoms with E-state index in [1.165, 1.54) is 80.9 Å². The maximum absolute atomic E-state index is 5.80. The van der Waals surface area contributed by atoms with Crippen LogP contribution in [0, 0.1) is 0 Å². The smallest absolute Gasteiger partial charge is 0.0673 e. The molecule has 0 aliphatic carbocycles. The predicted octanol–water partition coefficient (Wildman–Crippen LogP) is 9.32. The second kappa shape index (κ2) is 13.2. The van der Waals surface area contributed by atoms with Gasteiger partial charge in [0.05, 0.1) is 20.8 Å². The van der Waals surface area contributed by atoms with Gasteiger partial charge in [-0.25, -0.2) is 0 Å². The first-order valence-corrected chi connectivity index (χ1v) is 15.3. The minimum Gasteiger partial charge on any atom is -0.323 e. The Bertz CT molecular complexity index is 1240. The summed E-state index contributed by atoms with van der Waals surface area (Å²) in [5.41, 5.74) is 4.35. The number of thiophene rings is 2. The van der Waals surface area contributed by atoms with Crippen LogP contribution in [-0.2, 0) is 0 Å². The molecule has 0 spiro atoms. The Balaban J connectivity index is 1.54. The second-order valence-corrected chi connectivity index (χ2v) is 11.9. The van der Waals surface area contributed by atoms with Gasteiger partial charge in [-0.05, 0) is 48.9 Å². The average Bonchev–Trinajstić information content (AvgIpc) is 3.43. The number of nitrogens with two attached hydrogens (primary N) is 2. The molecule has 0 saturated heterocycles. The molecule has 192 valence electrons. The molecule has 0 aliphatic heterocycles. The first-order chi connectivity index (χ1) is 17.7. The second-order valence-electron chi connectivity index (χ2n) is 9.76. The molecule has 4 N–H and O–H groups in total. The van der Waals surface area contributed by atoms with Gasteiger partial charge < -0.3 is 11.7 Å². The Kier molecular flexibility index (Phi) is 9.76. The molecular formula is C30H40N4S2. The summed E-state index contributed by atoms with van der Waals surface area (Å²) in [5, 5.41) is 10.9. The summed E-state index contributed by atoms with van der Waals surface area (Å²) < 4.78 is 5.35. The van der Waals surface area contributed by atoms with Crippen molar-refractivity contribution < 1.29 is 0 Å². The summed E-state index contributed by atoms with van der Waals surface area (Å²) >= 11 is 3.75. The van der Waals surface area contributed by atoms with E-state index in [1.54, 1.807) is 0 Å². The Hall–Kier alpha value is -2.44. The van der Waals surface area contributed by atoms with Gasteiger partial charge in [0.25, 0.3) is 0 Å². The molecule has 0 unspecified atom stereocenters. The van der Waals surface area contributed by atoms with Crippen LogP contribution in [0.2, 0.25) is 0 Å². The van der Waals surface area contributed by atoms with Gasteiger partial charge in [-0.3, -0.25) is 0 Å². The van der Waals surface area contributed by atoms with E-state index in [0.717, 1.165) is 48.2 Å². The zero-order valence-corrected chi connectivity index (χ0v) is 23.4. The lowest BCUT2D eigenvalue weighted by Crippen LogP contribution is -2.04. The number of hydrazone groups is 2. The van der Waals surface area contributed by atoms with Crippen molar-refractivity contribution in [3.8, 4) is 0 Å². The fourth-order valence-electron chi connectivity index (χ4n) is 4.97. The summed E-state index contributed by atoms with van der Waals surface area (Å²) in [6.07, 6.45) is 14.4. The number of fused-ring (bicyclic) bond motifs is 5. The molecule has 0 atom stereocenters. The average molecular weight is 521 g/mol. The molecule has 4 aromatic rings. The molecule has 0 aliphatic rings. The van der Waals surface area contributed by atoms with E-state index in [2.05, 4.69) is 60.4 Å². The lowest BCUT2D eigenvalue weighted by molar-refractivity contribution is 0.643. The highest BCUT2D eigenvalue weighted by Crippen LogP contribution is 2.44. The van der Waals surface area contributed by atoms with Crippen LogP contribution >= 0.6 is 22.7 Å². The normalized spacial score (nSPS) is 12.9. The Morgan fingerprint density at radius 1 is 0.611 bits per heavy atom. The lowest BCUT2D eigenvalue weighted by Gasteiger charge is -2.06. The number of nitrogens with zero attached hydrogens (tertiary/aromatic N) is 2. The van der Waals surface area contributed by atoms with Gasteiger partial charge in [-0.2, -0.15) is 10.2 Å². The molecule has 0 saturated carbocycles. The quantitative estimate of drug-likeness (QED) is 0.0752. The molecule has 4 nitrogen and oxygen atoms in total. The highest BCUT2D eigenvalue weighted by Gasteiger charge is 2.15. The van der Waals surface area contributed by atoms with Crippen molar-refractivity contribution in [1.82, 2.24) is 0 Å². The van der Waals surface area contributed by atoms with E-state index in [1.807, 2.05) is 22.7 Å². The minimum atomic E-state index is 0.945. The third kappa shape index (κ3) is 6.09. The van der Waals surface area contributed by atoms with Gasteiger partial charge in [0, 0.05) is 20.2 Å².